The highest BCUT2D eigenvalue weighted by Gasteiger charge is 2.15. The Morgan fingerprint density at radius 1 is 1.00 bits per heavy atom. The molecule has 126 valence electrons. The molecule has 0 spiro atoms. The van der Waals surface area contributed by atoms with Gasteiger partial charge in [-0.2, -0.15) is 0 Å². The lowest BCUT2D eigenvalue weighted by Gasteiger charge is -2.17. The fraction of sp³-hybridized carbons (Fsp3) is 0.350. The normalized spacial score (nSPS) is 14.0. The second-order valence-electron chi connectivity index (χ2n) is 6.63. The summed E-state index contributed by atoms with van der Waals surface area (Å²) >= 11 is 0. The van der Waals surface area contributed by atoms with E-state index in [9.17, 15) is 4.79 Å². The highest BCUT2D eigenvalue weighted by Crippen LogP contribution is 2.25. The van der Waals surface area contributed by atoms with Crippen LogP contribution in [0.5, 0.6) is 0 Å². The van der Waals surface area contributed by atoms with Crippen molar-refractivity contribution in [1.82, 2.24) is 0 Å². The Morgan fingerprint density at radius 3 is 2.38 bits per heavy atom. The monoisotopic (exact) mass is 323 g/mol. The van der Waals surface area contributed by atoms with Crippen LogP contribution >= 0.6 is 0 Å². The van der Waals surface area contributed by atoms with Crippen LogP contribution in [0.15, 0.2) is 42.5 Å². The van der Waals surface area contributed by atoms with Crippen molar-refractivity contribution in [3.05, 3.63) is 53.6 Å². The zero-order valence-electron chi connectivity index (χ0n) is 14.6. The van der Waals surface area contributed by atoms with Crippen molar-refractivity contribution < 1.29 is 4.79 Å². The second kappa shape index (κ2) is 6.95. The number of nitrogens with zero attached hydrogens (tertiary/aromatic N) is 1. The molecule has 0 fully saturated rings. The van der Waals surface area contributed by atoms with Gasteiger partial charge in [0.2, 0.25) is 5.91 Å². The van der Waals surface area contributed by atoms with Crippen LogP contribution in [-0.2, 0) is 17.6 Å². The molecule has 2 aromatic rings. The highest BCUT2D eigenvalue weighted by atomic mass is 16.2. The summed E-state index contributed by atoms with van der Waals surface area (Å²) in [5.41, 5.74) is 5.79. The van der Waals surface area contributed by atoms with Crippen LogP contribution in [0.1, 0.15) is 24.5 Å². The molecular weight excluding hydrogens is 298 g/mol. The van der Waals surface area contributed by atoms with E-state index < -0.39 is 0 Å². The molecule has 1 aliphatic carbocycles. The molecule has 1 atom stereocenters. The molecule has 2 N–H and O–H groups in total. The maximum absolute atomic E-state index is 12.4. The Kier molecular flexibility index (Phi) is 4.74. The van der Waals surface area contributed by atoms with E-state index in [1.54, 1.807) is 0 Å². The lowest BCUT2D eigenvalue weighted by molar-refractivity contribution is -0.116. The van der Waals surface area contributed by atoms with Crippen molar-refractivity contribution in [1.29, 1.82) is 0 Å². The fourth-order valence-electron chi connectivity index (χ4n) is 3.07. The number of hydrogen-bond acceptors (Lipinski definition) is 3. The van der Waals surface area contributed by atoms with Gasteiger partial charge in [0.25, 0.3) is 0 Å². The van der Waals surface area contributed by atoms with Gasteiger partial charge in [0.05, 0.1) is 0 Å². The summed E-state index contributed by atoms with van der Waals surface area (Å²) in [6.07, 6.45) is 3.55. The lowest BCUT2D eigenvalue weighted by Crippen LogP contribution is -2.31. The SMILES string of the molecule is C[C@H](Nc1ccc2c(c1)CCC2)C(=O)Nc1ccc(N(C)C)cc1. The molecule has 0 aromatic heterocycles. The first-order valence-electron chi connectivity index (χ1n) is 8.49. The molecule has 0 saturated heterocycles. The van der Waals surface area contributed by atoms with Crippen LogP contribution in [0, 0.1) is 0 Å². The average Bonchev–Trinajstić information content (AvgIpc) is 3.03. The van der Waals surface area contributed by atoms with Crippen LogP contribution in [0.4, 0.5) is 17.1 Å². The number of aryl methyl sites for hydroxylation is 2. The summed E-state index contributed by atoms with van der Waals surface area (Å²) < 4.78 is 0. The summed E-state index contributed by atoms with van der Waals surface area (Å²) in [5, 5.41) is 6.26. The molecule has 4 nitrogen and oxygen atoms in total. The van der Waals surface area contributed by atoms with Crippen molar-refractivity contribution in [3.63, 3.8) is 0 Å². The summed E-state index contributed by atoms with van der Waals surface area (Å²) in [7, 11) is 3.99. The van der Waals surface area contributed by atoms with Gasteiger partial charge in [0.15, 0.2) is 0 Å². The van der Waals surface area contributed by atoms with Crippen LogP contribution in [-0.4, -0.2) is 26.0 Å². The van der Waals surface area contributed by atoms with Crippen LogP contribution in [0.25, 0.3) is 0 Å². The minimum absolute atomic E-state index is 0.0342. The molecule has 1 aliphatic rings. The van der Waals surface area contributed by atoms with Crippen LogP contribution in [0.2, 0.25) is 0 Å². The third-order valence-electron chi connectivity index (χ3n) is 4.53. The van der Waals surface area contributed by atoms with Gasteiger partial charge in [0.1, 0.15) is 6.04 Å². The number of hydrogen-bond donors (Lipinski definition) is 2. The number of anilines is 3. The van der Waals surface area contributed by atoms with Gasteiger partial charge >= 0.3 is 0 Å². The Labute approximate surface area is 143 Å². The van der Waals surface area contributed by atoms with E-state index in [2.05, 4.69) is 28.8 Å². The van der Waals surface area contributed by atoms with Gasteiger partial charge in [-0.15, -0.1) is 0 Å². The molecule has 4 heteroatoms. The Morgan fingerprint density at radius 2 is 1.67 bits per heavy atom. The quantitative estimate of drug-likeness (QED) is 0.882. The van der Waals surface area contributed by atoms with E-state index in [-0.39, 0.29) is 11.9 Å². The van der Waals surface area contributed by atoms with Crippen molar-refractivity contribution in [2.75, 3.05) is 29.6 Å². The number of amides is 1. The minimum atomic E-state index is -0.294. The number of fused-ring (bicyclic) bond motifs is 1. The molecule has 0 unspecified atom stereocenters. The number of carbonyl (C=O) groups is 1. The van der Waals surface area contributed by atoms with E-state index in [1.165, 1.54) is 24.0 Å². The van der Waals surface area contributed by atoms with Gasteiger partial charge in [-0.05, 0) is 73.7 Å². The summed E-state index contributed by atoms with van der Waals surface area (Å²) in [6, 6.07) is 14.0. The molecule has 1 amide bonds. The number of carbonyl (C=O) groups excluding carboxylic acids is 1. The van der Waals surface area contributed by atoms with E-state index in [1.807, 2.05) is 50.2 Å². The minimum Gasteiger partial charge on any atom is -0.378 e. The molecule has 2 aromatic carbocycles. The first kappa shape index (κ1) is 16.4. The zero-order chi connectivity index (χ0) is 17.1. The molecule has 0 aliphatic heterocycles. The summed E-state index contributed by atoms with van der Waals surface area (Å²) in [6.45, 7) is 1.89. The largest absolute Gasteiger partial charge is 0.378 e. The van der Waals surface area contributed by atoms with Crippen LogP contribution < -0.4 is 15.5 Å². The predicted octanol–water partition coefficient (Wildman–Crippen LogP) is 3.68. The molecule has 0 saturated carbocycles. The van der Waals surface area contributed by atoms with E-state index in [0.29, 0.717) is 0 Å². The van der Waals surface area contributed by atoms with Crippen molar-refractivity contribution in [2.45, 2.75) is 32.2 Å². The topological polar surface area (TPSA) is 44.4 Å². The Hall–Kier alpha value is -2.49. The van der Waals surface area contributed by atoms with Gasteiger partial charge in [-0.25, -0.2) is 0 Å². The molecule has 0 bridgehead atoms. The third-order valence-corrected chi connectivity index (χ3v) is 4.53. The molecule has 3 rings (SSSR count). The molecule has 24 heavy (non-hydrogen) atoms. The van der Waals surface area contributed by atoms with Crippen molar-refractivity contribution in [2.24, 2.45) is 0 Å². The lowest BCUT2D eigenvalue weighted by atomic mass is 10.1. The van der Waals surface area contributed by atoms with E-state index >= 15 is 0 Å². The highest BCUT2D eigenvalue weighted by molar-refractivity contribution is 5.96. The molecule has 0 heterocycles. The molecule has 0 radical (unpaired) electrons. The second-order valence-corrected chi connectivity index (χ2v) is 6.63. The fourth-order valence-corrected chi connectivity index (χ4v) is 3.07. The maximum Gasteiger partial charge on any atom is 0.246 e. The predicted molar refractivity (Wildman–Crippen MR) is 101 cm³/mol. The Bertz CT molecular complexity index is 722. The standard InChI is InChI=1S/C20H25N3O/c1-14(21-18-8-7-15-5-4-6-16(15)13-18)20(24)22-17-9-11-19(12-10-17)23(2)3/h7-14,21H,4-6H2,1-3H3,(H,22,24)/t14-/m0/s1. The smallest absolute Gasteiger partial charge is 0.246 e. The van der Waals surface area contributed by atoms with Gasteiger partial charge < -0.3 is 15.5 Å². The number of nitrogens with one attached hydrogen (secondary N) is 2. The van der Waals surface area contributed by atoms with Crippen molar-refractivity contribution >= 4 is 23.0 Å². The Balaban J connectivity index is 1.60. The van der Waals surface area contributed by atoms with Crippen molar-refractivity contribution in [3.8, 4) is 0 Å². The zero-order valence-corrected chi connectivity index (χ0v) is 14.6. The first-order valence-corrected chi connectivity index (χ1v) is 8.49. The van der Waals surface area contributed by atoms with Gasteiger partial charge in [-0.1, -0.05) is 6.07 Å². The van der Waals surface area contributed by atoms with Crippen LogP contribution in [0.3, 0.4) is 0 Å². The summed E-state index contributed by atoms with van der Waals surface area (Å²) in [4.78, 5) is 14.4. The number of benzene rings is 2. The van der Waals surface area contributed by atoms with Gasteiger partial charge in [-0.3, -0.25) is 4.79 Å². The van der Waals surface area contributed by atoms with E-state index in [4.69, 9.17) is 0 Å². The van der Waals surface area contributed by atoms with Gasteiger partial charge in [0, 0.05) is 31.2 Å². The average molecular weight is 323 g/mol. The maximum atomic E-state index is 12.4. The third kappa shape index (κ3) is 3.70. The summed E-state index contributed by atoms with van der Waals surface area (Å²) in [5.74, 6) is -0.0342. The number of rotatable bonds is 5. The first-order chi connectivity index (χ1) is 11.5. The van der Waals surface area contributed by atoms with E-state index in [0.717, 1.165) is 23.5 Å². The molecular formula is C20H25N3O.